The molecule has 0 radical (unpaired) electrons. The zero-order valence-electron chi connectivity index (χ0n) is 10.9. The van der Waals surface area contributed by atoms with Gasteiger partial charge in [0.2, 0.25) is 0 Å². The molecule has 1 unspecified atom stereocenters. The van der Waals surface area contributed by atoms with Gasteiger partial charge >= 0.3 is 0 Å². The highest BCUT2D eigenvalue weighted by atomic mass is 32.1. The van der Waals surface area contributed by atoms with Gasteiger partial charge in [-0.05, 0) is 31.0 Å². The maximum atomic E-state index is 13.5. The van der Waals surface area contributed by atoms with Crippen LogP contribution in [0.2, 0.25) is 0 Å². The number of hydrogen-bond donors (Lipinski definition) is 1. The maximum Gasteiger partial charge on any atom is 0.165 e. The van der Waals surface area contributed by atoms with Crippen LogP contribution in [0.5, 0.6) is 5.75 Å². The Morgan fingerprint density at radius 1 is 1.42 bits per heavy atom. The van der Waals surface area contributed by atoms with Crippen LogP contribution in [0.3, 0.4) is 0 Å². The van der Waals surface area contributed by atoms with E-state index in [-0.39, 0.29) is 5.75 Å². The summed E-state index contributed by atoms with van der Waals surface area (Å²) in [6, 6.07) is 4.73. The lowest BCUT2D eigenvalue weighted by Crippen LogP contribution is -2.14. The third-order valence-electron chi connectivity index (χ3n) is 2.76. The minimum Gasteiger partial charge on any atom is -0.494 e. The van der Waals surface area contributed by atoms with E-state index >= 15 is 0 Å². The normalized spacial score (nSPS) is 12.4. The van der Waals surface area contributed by atoms with Gasteiger partial charge in [0, 0.05) is 17.5 Å². The van der Waals surface area contributed by atoms with Crippen LogP contribution in [-0.2, 0) is 12.8 Å². The van der Waals surface area contributed by atoms with Gasteiger partial charge in [0.1, 0.15) is 0 Å². The molecule has 0 aliphatic rings. The minimum atomic E-state index is -0.557. The predicted molar refractivity (Wildman–Crippen MR) is 73.2 cm³/mol. The van der Waals surface area contributed by atoms with E-state index in [2.05, 4.69) is 4.98 Å². The van der Waals surface area contributed by atoms with Crippen molar-refractivity contribution in [3.05, 3.63) is 45.7 Å². The van der Waals surface area contributed by atoms with Gasteiger partial charge in [-0.3, -0.25) is 0 Å². The second-order valence-corrected chi connectivity index (χ2v) is 5.36. The highest BCUT2D eigenvalue weighted by Gasteiger charge is 2.11. The third-order valence-corrected chi connectivity index (χ3v) is 3.75. The fourth-order valence-electron chi connectivity index (χ4n) is 1.88. The summed E-state index contributed by atoms with van der Waals surface area (Å²) in [6.45, 7) is 1.92. The van der Waals surface area contributed by atoms with E-state index in [4.69, 9.17) is 4.74 Å². The molecule has 19 heavy (non-hydrogen) atoms. The summed E-state index contributed by atoms with van der Waals surface area (Å²) >= 11 is 1.53. The molecule has 3 nitrogen and oxygen atoms in total. The molecule has 0 saturated heterocycles. The number of aryl methyl sites for hydroxylation is 1. The number of halogens is 1. The molecule has 0 aliphatic carbocycles. The molecule has 0 aliphatic heterocycles. The predicted octanol–water partition coefficient (Wildman–Crippen LogP) is 2.75. The van der Waals surface area contributed by atoms with E-state index in [0.29, 0.717) is 12.8 Å². The van der Waals surface area contributed by atoms with Crippen molar-refractivity contribution >= 4 is 11.3 Å². The Labute approximate surface area is 115 Å². The Hall–Kier alpha value is -1.46. The summed E-state index contributed by atoms with van der Waals surface area (Å²) in [6.07, 6.45) is 0.337. The zero-order chi connectivity index (χ0) is 13.8. The topological polar surface area (TPSA) is 42.4 Å². The Morgan fingerprint density at radius 2 is 2.21 bits per heavy atom. The second kappa shape index (κ2) is 6.12. The lowest BCUT2D eigenvalue weighted by molar-refractivity contribution is 0.175. The van der Waals surface area contributed by atoms with Crippen molar-refractivity contribution in [2.24, 2.45) is 0 Å². The molecule has 0 spiro atoms. The van der Waals surface area contributed by atoms with Gasteiger partial charge in [0.05, 0.1) is 18.2 Å². The first-order chi connectivity index (χ1) is 9.08. The number of ether oxygens (including phenoxy) is 1. The smallest absolute Gasteiger partial charge is 0.165 e. The summed E-state index contributed by atoms with van der Waals surface area (Å²) < 4.78 is 18.4. The van der Waals surface area contributed by atoms with Crippen molar-refractivity contribution in [2.45, 2.75) is 25.9 Å². The average molecular weight is 281 g/mol. The van der Waals surface area contributed by atoms with Crippen LogP contribution in [0, 0.1) is 12.7 Å². The first-order valence-electron chi connectivity index (χ1n) is 6.00. The minimum absolute atomic E-state index is 0.216. The van der Waals surface area contributed by atoms with Gasteiger partial charge in [-0.25, -0.2) is 9.37 Å². The number of thiazole rings is 1. The zero-order valence-corrected chi connectivity index (χ0v) is 11.7. The molecule has 2 aromatic rings. The SMILES string of the molecule is COc1ccc(CC(O)Cc2nc(C)cs2)cc1F. The van der Waals surface area contributed by atoms with Crippen LogP contribution in [0.25, 0.3) is 0 Å². The van der Waals surface area contributed by atoms with Crippen LogP contribution in [0.1, 0.15) is 16.3 Å². The van der Waals surface area contributed by atoms with Gasteiger partial charge in [-0.15, -0.1) is 11.3 Å². The number of methoxy groups -OCH3 is 1. The standard InChI is InChI=1S/C14H16FNO2S/c1-9-8-19-14(16-9)7-11(17)5-10-3-4-13(18-2)12(15)6-10/h3-4,6,8,11,17H,5,7H2,1-2H3. The van der Waals surface area contributed by atoms with E-state index in [1.165, 1.54) is 24.5 Å². The number of nitrogens with zero attached hydrogens (tertiary/aromatic N) is 1. The molecule has 2 rings (SSSR count). The van der Waals surface area contributed by atoms with Crippen LogP contribution in [-0.4, -0.2) is 23.3 Å². The highest BCUT2D eigenvalue weighted by molar-refractivity contribution is 7.09. The van der Waals surface area contributed by atoms with Crippen molar-refractivity contribution in [1.29, 1.82) is 0 Å². The van der Waals surface area contributed by atoms with Crippen molar-refractivity contribution in [3.8, 4) is 5.75 Å². The molecular weight excluding hydrogens is 265 g/mol. The second-order valence-electron chi connectivity index (χ2n) is 4.41. The molecule has 1 atom stereocenters. The Kier molecular flexibility index (Phi) is 4.50. The van der Waals surface area contributed by atoms with Gasteiger partial charge in [-0.1, -0.05) is 6.07 Å². The van der Waals surface area contributed by atoms with E-state index in [1.54, 1.807) is 12.1 Å². The van der Waals surface area contributed by atoms with Gasteiger partial charge < -0.3 is 9.84 Å². The molecule has 0 saturated carbocycles. The largest absolute Gasteiger partial charge is 0.494 e. The monoisotopic (exact) mass is 281 g/mol. The van der Waals surface area contributed by atoms with Crippen molar-refractivity contribution in [2.75, 3.05) is 7.11 Å². The summed E-state index contributed by atoms with van der Waals surface area (Å²) in [5, 5.41) is 12.9. The summed E-state index contributed by atoms with van der Waals surface area (Å²) in [5.41, 5.74) is 1.71. The molecule has 0 amide bonds. The fourth-order valence-corrected chi connectivity index (χ4v) is 2.72. The van der Waals surface area contributed by atoms with E-state index < -0.39 is 11.9 Å². The number of hydrogen-bond acceptors (Lipinski definition) is 4. The summed E-state index contributed by atoms with van der Waals surface area (Å²) in [4.78, 5) is 4.30. The highest BCUT2D eigenvalue weighted by Crippen LogP contribution is 2.19. The molecule has 1 heterocycles. The van der Waals surface area contributed by atoms with Crippen LogP contribution >= 0.6 is 11.3 Å². The Morgan fingerprint density at radius 3 is 2.79 bits per heavy atom. The molecular formula is C14H16FNO2S. The van der Waals surface area contributed by atoms with Crippen LogP contribution in [0.4, 0.5) is 4.39 Å². The lowest BCUT2D eigenvalue weighted by Gasteiger charge is -2.10. The maximum absolute atomic E-state index is 13.5. The van der Waals surface area contributed by atoms with E-state index in [1.807, 2.05) is 12.3 Å². The molecule has 5 heteroatoms. The first kappa shape index (κ1) is 14.0. The number of rotatable bonds is 5. The third kappa shape index (κ3) is 3.75. The van der Waals surface area contributed by atoms with Gasteiger partial charge in [-0.2, -0.15) is 0 Å². The van der Waals surface area contributed by atoms with Crippen LogP contribution in [0.15, 0.2) is 23.6 Å². The molecule has 1 N–H and O–H groups in total. The first-order valence-corrected chi connectivity index (χ1v) is 6.88. The van der Waals surface area contributed by atoms with Gasteiger partial charge in [0.15, 0.2) is 11.6 Å². The molecule has 1 aromatic carbocycles. The molecule has 0 fully saturated rings. The number of aromatic nitrogens is 1. The number of aliphatic hydroxyl groups is 1. The van der Waals surface area contributed by atoms with E-state index in [9.17, 15) is 9.50 Å². The van der Waals surface area contributed by atoms with Gasteiger partial charge in [0.25, 0.3) is 0 Å². The number of aliphatic hydroxyl groups excluding tert-OH is 1. The molecule has 1 aromatic heterocycles. The molecule has 0 bridgehead atoms. The van der Waals surface area contributed by atoms with Crippen molar-refractivity contribution in [3.63, 3.8) is 0 Å². The Bertz CT molecular complexity index is 556. The van der Waals surface area contributed by atoms with Crippen molar-refractivity contribution in [1.82, 2.24) is 4.98 Å². The average Bonchev–Trinajstić information content (AvgIpc) is 2.74. The summed E-state index contributed by atoms with van der Waals surface area (Å²) in [5.74, 6) is -0.189. The molecule has 102 valence electrons. The Balaban J connectivity index is 1.98. The van der Waals surface area contributed by atoms with E-state index in [0.717, 1.165) is 16.3 Å². The fraction of sp³-hybridized carbons (Fsp3) is 0.357. The van der Waals surface area contributed by atoms with Crippen molar-refractivity contribution < 1.29 is 14.2 Å². The quantitative estimate of drug-likeness (QED) is 0.916. The number of benzene rings is 1. The lowest BCUT2D eigenvalue weighted by atomic mass is 10.1. The van der Waals surface area contributed by atoms with Crippen LogP contribution < -0.4 is 4.74 Å². The summed E-state index contributed by atoms with van der Waals surface area (Å²) in [7, 11) is 1.43.